The third-order valence-electron chi connectivity index (χ3n) is 0.354. The minimum absolute atomic E-state index is 0. The zero-order valence-corrected chi connectivity index (χ0v) is 7.62. The Hall–Kier alpha value is 1.53. The van der Waals surface area contributed by atoms with Gasteiger partial charge >= 0.3 is 0 Å². The van der Waals surface area contributed by atoms with Crippen LogP contribution in [0.4, 0.5) is 0 Å². The fourth-order valence-corrected chi connectivity index (χ4v) is 0. The zero-order valence-electron chi connectivity index (χ0n) is 3.78. The quantitative estimate of drug-likeness (QED) is 0.514. The van der Waals surface area contributed by atoms with Crippen molar-refractivity contribution in [2.45, 2.75) is 6.92 Å². The minimum Gasteiger partial charge on any atom is -0.126 e. The third kappa shape index (κ3) is 10.8. The van der Waals surface area contributed by atoms with Gasteiger partial charge in [-0.3, -0.25) is 0 Å². The predicted molar refractivity (Wildman–Crippen MR) is 24.8 cm³/mol. The van der Waals surface area contributed by atoms with Crippen molar-refractivity contribution in [1.82, 2.24) is 0 Å². The molecule has 1 radical (unpaired) electrons. The van der Waals surface area contributed by atoms with Gasteiger partial charge in [-0.05, 0) is 12.8 Å². The summed E-state index contributed by atoms with van der Waals surface area (Å²) >= 11 is 0. The summed E-state index contributed by atoms with van der Waals surface area (Å²) in [6.07, 6.45) is 1.35. The Morgan fingerprint density at radius 1 is 1.60 bits per heavy atom. The molecule has 0 aliphatic heterocycles. The van der Waals surface area contributed by atoms with Gasteiger partial charge in [-0.25, -0.2) is 0 Å². The Morgan fingerprint density at radius 3 is 1.80 bits per heavy atom. The maximum absolute atomic E-state index is 2.21. The van der Waals surface area contributed by atoms with Crippen molar-refractivity contribution in [3.05, 3.63) is 0 Å². The summed E-state index contributed by atoms with van der Waals surface area (Å²) in [6, 6.07) is 0. The molecule has 0 aromatic rings. The molecule has 1 atom stereocenters. The van der Waals surface area contributed by atoms with Crippen molar-refractivity contribution in [1.29, 1.82) is 0 Å². The minimum atomic E-state index is 0. The fraction of sp³-hybridized carbons (Fsp3) is 1.00. The van der Waals surface area contributed by atoms with Gasteiger partial charge in [0, 0.05) is 32.7 Å². The molecule has 0 saturated heterocycles. The van der Waals surface area contributed by atoms with Crippen molar-refractivity contribution in [2.75, 3.05) is 12.8 Å². The van der Waals surface area contributed by atoms with Crippen LogP contribution in [0.25, 0.3) is 0 Å². The van der Waals surface area contributed by atoms with Gasteiger partial charge in [-0.2, -0.15) is 0 Å². The van der Waals surface area contributed by atoms with E-state index in [2.05, 4.69) is 13.6 Å². The second-order valence-corrected chi connectivity index (χ2v) is 2.12. The maximum atomic E-state index is 2.21. The molecule has 0 amide bonds. The van der Waals surface area contributed by atoms with Gasteiger partial charge in [-0.1, -0.05) is 6.92 Å². The molecule has 0 nitrogen and oxygen atoms in total. The van der Waals surface area contributed by atoms with E-state index in [1.54, 1.807) is 0 Å². The van der Waals surface area contributed by atoms with Crippen LogP contribution in [-0.2, 0) is 32.7 Å². The van der Waals surface area contributed by atoms with Crippen LogP contribution in [0.15, 0.2) is 0 Å². The Balaban J connectivity index is 0. The van der Waals surface area contributed by atoms with Gasteiger partial charge in [0.15, 0.2) is 0 Å². The fourth-order valence-electron chi connectivity index (χ4n) is 0. The summed E-state index contributed by atoms with van der Waals surface area (Å²) in [4.78, 5) is 0. The van der Waals surface area contributed by atoms with E-state index in [0.717, 1.165) is 8.58 Å². The summed E-state index contributed by atoms with van der Waals surface area (Å²) in [5.41, 5.74) is 0. The summed E-state index contributed by atoms with van der Waals surface area (Å²) in [5.74, 6) is 0. The monoisotopic (exact) mass is 165 g/mol. The molecule has 0 aromatic heterocycles. The van der Waals surface area contributed by atoms with E-state index in [9.17, 15) is 0 Å². The van der Waals surface area contributed by atoms with Crippen molar-refractivity contribution in [2.24, 2.45) is 0 Å². The molecule has 0 fully saturated rings. The molecule has 29 valence electrons. The van der Waals surface area contributed by atoms with E-state index < -0.39 is 0 Å². The first kappa shape index (κ1) is 9.73. The summed E-state index contributed by atoms with van der Waals surface area (Å²) in [5, 5.41) is 0. The van der Waals surface area contributed by atoms with Crippen LogP contribution in [-0.4, -0.2) is 12.8 Å². The van der Waals surface area contributed by atoms with Gasteiger partial charge in [0.2, 0.25) is 0 Å². The van der Waals surface area contributed by atoms with Crippen LogP contribution in [0, 0.1) is 0 Å². The number of hydrogen-bond acceptors (Lipinski definition) is 0. The number of rotatable bonds is 1. The van der Waals surface area contributed by atoms with Gasteiger partial charge < -0.3 is 0 Å². The van der Waals surface area contributed by atoms with E-state index in [1.807, 2.05) is 0 Å². The van der Waals surface area contributed by atoms with Crippen LogP contribution in [0.2, 0.25) is 0 Å². The van der Waals surface area contributed by atoms with Crippen molar-refractivity contribution < 1.29 is 32.7 Å². The summed E-state index contributed by atoms with van der Waals surface area (Å²) < 4.78 is 0. The van der Waals surface area contributed by atoms with E-state index in [4.69, 9.17) is 0 Å². The van der Waals surface area contributed by atoms with Gasteiger partial charge in [0.25, 0.3) is 0 Å². The summed E-state index contributed by atoms with van der Waals surface area (Å²) in [6.45, 7) is 4.40. The molecule has 5 heavy (non-hydrogen) atoms. The zero-order chi connectivity index (χ0) is 3.41. The van der Waals surface area contributed by atoms with Crippen LogP contribution in [0.1, 0.15) is 6.92 Å². The van der Waals surface area contributed by atoms with Crippen molar-refractivity contribution >= 4 is 8.58 Å². The van der Waals surface area contributed by atoms with E-state index in [0.29, 0.717) is 0 Å². The van der Waals surface area contributed by atoms with Crippen LogP contribution < -0.4 is 0 Å². The van der Waals surface area contributed by atoms with Crippen LogP contribution in [0.5, 0.6) is 0 Å². The topological polar surface area (TPSA) is 0 Å². The Bertz CT molecular complexity index is 8.85. The maximum Gasteiger partial charge on any atom is 0 e. The van der Waals surface area contributed by atoms with E-state index in [-0.39, 0.29) is 32.7 Å². The first-order valence-corrected chi connectivity index (χ1v) is 3.27. The Kier molecular flexibility index (Phi) is 17.7. The molecule has 0 saturated carbocycles. The third-order valence-corrected chi connectivity index (χ3v) is 1.06. The van der Waals surface area contributed by atoms with Gasteiger partial charge in [0.05, 0.1) is 0 Å². The molecule has 0 aliphatic rings. The van der Waals surface area contributed by atoms with Gasteiger partial charge in [0.1, 0.15) is 0 Å². The van der Waals surface area contributed by atoms with Gasteiger partial charge in [-0.15, -0.1) is 8.58 Å². The first-order valence-electron chi connectivity index (χ1n) is 1.56. The van der Waals surface area contributed by atoms with Crippen LogP contribution >= 0.6 is 8.58 Å². The second kappa shape index (κ2) is 9.11. The smallest absolute Gasteiger partial charge is 0 e. The molecule has 0 bridgehead atoms. The van der Waals surface area contributed by atoms with Crippen LogP contribution in [0.3, 0.4) is 0 Å². The average Bonchev–Trinajstić information content (AvgIpc) is 1.37. The molecule has 0 N–H and O–H groups in total. The molecule has 0 heterocycles. The van der Waals surface area contributed by atoms with E-state index >= 15 is 0 Å². The summed E-state index contributed by atoms with van der Waals surface area (Å²) in [7, 11) is 1.14. The largest absolute Gasteiger partial charge is 0.126 e. The molecule has 0 aliphatic carbocycles. The molecule has 0 spiro atoms. The standard InChI is InChI=1S/C3H9P.Y/c1-3-4-2;/h4H,3H2,1-2H3;. The molecule has 1 unspecified atom stereocenters. The number of hydrogen-bond donors (Lipinski definition) is 0. The Labute approximate surface area is 60.8 Å². The second-order valence-electron chi connectivity index (χ2n) is 0.707. The predicted octanol–water partition coefficient (Wildman–Crippen LogP) is 1.31. The van der Waals surface area contributed by atoms with Crippen molar-refractivity contribution in [3.63, 3.8) is 0 Å². The van der Waals surface area contributed by atoms with Crippen molar-refractivity contribution in [3.8, 4) is 0 Å². The molecular formula is C3H9PY. The molecule has 2 heteroatoms. The normalized spacial score (nSPS) is 8.40. The molecular weight excluding hydrogens is 156 g/mol. The van der Waals surface area contributed by atoms with E-state index in [1.165, 1.54) is 6.16 Å². The first-order chi connectivity index (χ1) is 1.91. The molecule has 0 rings (SSSR count). The average molecular weight is 165 g/mol. The molecule has 0 aromatic carbocycles. The Morgan fingerprint density at radius 2 is 1.80 bits per heavy atom. The SMILES string of the molecule is CCPC.[Y].